The van der Waals surface area contributed by atoms with Crippen molar-refractivity contribution in [2.45, 2.75) is 17.9 Å². The Hall–Kier alpha value is -1.85. The van der Waals surface area contributed by atoms with Crippen molar-refractivity contribution >= 4 is 9.84 Å². The van der Waals surface area contributed by atoms with Crippen LogP contribution in [0.2, 0.25) is 0 Å². The van der Waals surface area contributed by atoms with E-state index in [0.29, 0.717) is 11.3 Å². The molecule has 0 heterocycles. The van der Waals surface area contributed by atoms with Crippen LogP contribution in [0.4, 0.5) is 0 Å². The predicted molar refractivity (Wildman–Crippen MR) is 81.2 cm³/mol. The van der Waals surface area contributed by atoms with Crippen LogP contribution in [-0.2, 0) is 9.84 Å². The lowest BCUT2D eigenvalue weighted by Crippen LogP contribution is -2.14. The van der Waals surface area contributed by atoms with Gasteiger partial charge < -0.3 is 9.84 Å². The molecule has 0 saturated heterocycles. The summed E-state index contributed by atoms with van der Waals surface area (Å²) in [5, 5.41) is 10.1. The smallest absolute Gasteiger partial charge is 0.181 e. The first kappa shape index (κ1) is 15.5. The van der Waals surface area contributed by atoms with E-state index in [1.165, 1.54) is 0 Å². The number of aliphatic hydroxyl groups is 1. The van der Waals surface area contributed by atoms with Crippen LogP contribution in [0.3, 0.4) is 0 Å². The van der Waals surface area contributed by atoms with Crippen molar-refractivity contribution < 1.29 is 18.3 Å². The molecular weight excluding hydrogens is 288 g/mol. The molecule has 0 amide bonds. The van der Waals surface area contributed by atoms with E-state index in [0.717, 1.165) is 5.56 Å². The van der Waals surface area contributed by atoms with Crippen molar-refractivity contribution in [1.82, 2.24) is 0 Å². The highest BCUT2D eigenvalue weighted by molar-refractivity contribution is 7.91. The third kappa shape index (κ3) is 3.83. The van der Waals surface area contributed by atoms with E-state index in [1.54, 1.807) is 55.6 Å². The van der Waals surface area contributed by atoms with E-state index in [-0.39, 0.29) is 10.6 Å². The van der Waals surface area contributed by atoms with Gasteiger partial charge in [0.2, 0.25) is 0 Å². The number of ether oxygens (including phenoxy) is 1. The van der Waals surface area contributed by atoms with Crippen molar-refractivity contribution in [3.63, 3.8) is 0 Å². The van der Waals surface area contributed by atoms with Gasteiger partial charge in [-0.2, -0.15) is 0 Å². The Labute approximate surface area is 124 Å². The van der Waals surface area contributed by atoms with Gasteiger partial charge in [0.25, 0.3) is 0 Å². The molecular formula is C16H18O4S. The van der Waals surface area contributed by atoms with Gasteiger partial charge in [0.05, 0.1) is 23.9 Å². The minimum Gasteiger partial charge on any atom is -0.497 e. The molecule has 0 spiro atoms. The van der Waals surface area contributed by atoms with Crippen molar-refractivity contribution in [2.75, 3.05) is 12.9 Å². The minimum absolute atomic E-state index is 0.223. The molecule has 112 valence electrons. The van der Waals surface area contributed by atoms with Gasteiger partial charge in [0, 0.05) is 0 Å². The van der Waals surface area contributed by atoms with Crippen LogP contribution in [0.25, 0.3) is 0 Å². The number of benzene rings is 2. The van der Waals surface area contributed by atoms with Gasteiger partial charge >= 0.3 is 0 Å². The van der Waals surface area contributed by atoms with Gasteiger partial charge in [-0.05, 0) is 36.8 Å². The molecule has 1 atom stereocenters. The van der Waals surface area contributed by atoms with Gasteiger partial charge in [-0.25, -0.2) is 8.42 Å². The zero-order valence-corrected chi connectivity index (χ0v) is 12.8. The van der Waals surface area contributed by atoms with Gasteiger partial charge in [0.1, 0.15) is 5.75 Å². The fourth-order valence-corrected chi connectivity index (χ4v) is 3.32. The lowest BCUT2D eigenvalue weighted by molar-refractivity contribution is 0.201. The Bertz CT molecular complexity index is 688. The first-order valence-corrected chi connectivity index (χ1v) is 8.19. The number of rotatable bonds is 5. The summed E-state index contributed by atoms with van der Waals surface area (Å²) in [5.41, 5.74) is 1.54. The van der Waals surface area contributed by atoms with Crippen LogP contribution < -0.4 is 4.74 Å². The Morgan fingerprint density at radius 1 is 1.05 bits per heavy atom. The quantitative estimate of drug-likeness (QED) is 0.922. The highest BCUT2D eigenvalue weighted by Gasteiger charge is 2.20. The Morgan fingerprint density at radius 3 is 2.14 bits per heavy atom. The molecule has 0 fully saturated rings. The van der Waals surface area contributed by atoms with Crippen LogP contribution in [-0.4, -0.2) is 26.4 Å². The summed E-state index contributed by atoms with van der Waals surface area (Å²) in [6, 6.07) is 13.3. The molecule has 2 aromatic carbocycles. The zero-order chi connectivity index (χ0) is 15.5. The number of hydrogen-bond acceptors (Lipinski definition) is 4. The highest BCUT2D eigenvalue weighted by atomic mass is 32.2. The van der Waals surface area contributed by atoms with E-state index in [4.69, 9.17) is 4.74 Å². The Kier molecular flexibility index (Phi) is 4.65. The van der Waals surface area contributed by atoms with Crippen LogP contribution in [0, 0.1) is 6.92 Å². The number of aryl methyl sites for hydroxylation is 1. The summed E-state index contributed by atoms with van der Waals surface area (Å²) in [7, 11) is -1.97. The summed E-state index contributed by atoms with van der Waals surface area (Å²) in [4.78, 5) is 0.223. The predicted octanol–water partition coefficient (Wildman–Crippen LogP) is 2.51. The third-order valence-corrected chi connectivity index (χ3v) is 5.00. The molecule has 0 aromatic heterocycles. The average molecular weight is 306 g/mol. The third-order valence-electron chi connectivity index (χ3n) is 3.26. The molecule has 4 nitrogen and oxygen atoms in total. The largest absolute Gasteiger partial charge is 0.497 e. The number of sulfone groups is 1. The molecule has 0 saturated carbocycles. The van der Waals surface area contributed by atoms with Gasteiger partial charge in [-0.1, -0.05) is 29.8 Å². The molecule has 5 heteroatoms. The fraction of sp³-hybridized carbons (Fsp3) is 0.250. The lowest BCUT2D eigenvalue weighted by Gasteiger charge is -2.12. The molecule has 0 bridgehead atoms. The second kappa shape index (κ2) is 6.28. The van der Waals surface area contributed by atoms with E-state index < -0.39 is 15.9 Å². The summed E-state index contributed by atoms with van der Waals surface area (Å²) in [6.07, 6.45) is -1.07. The van der Waals surface area contributed by atoms with E-state index >= 15 is 0 Å². The number of aliphatic hydroxyl groups excluding tert-OH is 1. The molecule has 21 heavy (non-hydrogen) atoms. The summed E-state index contributed by atoms with van der Waals surface area (Å²) in [6.45, 7) is 1.89. The normalized spacial score (nSPS) is 12.9. The maximum atomic E-state index is 12.3. The second-order valence-corrected chi connectivity index (χ2v) is 6.92. The SMILES string of the molecule is COc1ccc([C@H](O)CS(=O)(=O)c2ccc(C)cc2)cc1. The first-order chi connectivity index (χ1) is 9.92. The molecule has 0 aliphatic rings. The van der Waals surface area contributed by atoms with Crippen molar-refractivity contribution in [3.8, 4) is 5.75 Å². The van der Waals surface area contributed by atoms with Gasteiger partial charge in [0.15, 0.2) is 9.84 Å². The Balaban J connectivity index is 2.17. The molecule has 0 aliphatic carbocycles. The topological polar surface area (TPSA) is 63.6 Å². The van der Waals surface area contributed by atoms with E-state index in [2.05, 4.69) is 0 Å². The number of hydrogen-bond donors (Lipinski definition) is 1. The van der Waals surface area contributed by atoms with Crippen molar-refractivity contribution in [1.29, 1.82) is 0 Å². The molecule has 2 aromatic rings. The molecule has 1 N–H and O–H groups in total. The highest BCUT2D eigenvalue weighted by Crippen LogP contribution is 2.22. The standard InChI is InChI=1S/C16H18O4S/c1-12-3-9-15(10-4-12)21(18,19)11-16(17)13-5-7-14(20-2)8-6-13/h3-10,16-17H,11H2,1-2H3/t16-/m1/s1. The maximum absolute atomic E-state index is 12.3. The molecule has 0 aliphatic heterocycles. The molecule has 0 radical (unpaired) electrons. The van der Waals surface area contributed by atoms with Crippen LogP contribution in [0.1, 0.15) is 17.2 Å². The molecule has 0 unspecified atom stereocenters. The van der Waals surface area contributed by atoms with E-state index in [9.17, 15) is 13.5 Å². The number of methoxy groups -OCH3 is 1. The van der Waals surface area contributed by atoms with Crippen molar-refractivity contribution in [3.05, 3.63) is 59.7 Å². The van der Waals surface area contributed by atoms with Gasteiger partial charge in [-0.3, -0.25) is 0 Å². The monoisotopic (exact) mass is 306 g/mol. The fourth-order valence-electron chi connectivity index (χ4n) is 1.97. The van der Waals surface area contributed by atoms with Crippen LogP contribution >= 0.6 is 0 Å². The summed E-state index contributed by atoms with van der Waals surface area (Å²) < 4.78 is 29.6. The van der Waals surface area contributed by atoms with Crippen LogP contribution in [0.5, 0.6) is 5.75 Å². The lowest BCUT2D eigenvalue weighted by atomic mass is 10.1. The summed E-state index contributed by atoms with van der Waals surface area (Å²) >= 11 is 0. The van der Waals surface area contributed by atoms with E-state index in [1.807, 2.05) is 6.92 Å². The van der Waals surface area contributed by atoms with Crippen LogP contribution in [0.15, 0.2) is 53.4 Å². The molecule has 2 rings (SSSR count). The van der Waals surface area contributed by atoms with Crippen molar-refractivity contribution in [2.24, 2.45) is 0 Å². The zero-order valence-electron chi connectivity index (χ0n) is 12.0. The van der Waals surface area contributed by atoms with Gasteiger partial charge in [-0.15, -0.1) is 0 Å². The maximum Gasteiger partial charge on any atom is 0.181 e. The average Bonchev–Trinajstić information content (AvgIpc) is 2.47. The summed E-state index contributed by atoms with van der Waals surface area (Å²) in [5.74, 6) is 0.315. The minimum atomic E-state index is -3.52. The first-order valence-electron chi connectivity index (χ1n) is 6.54. The second-order valence-electron chi connectivity index (χ2n) is 4.88. The Morgan fingerprint density at radius 2 is 1.62 bits per heavy atom.